The van der Waals surface area contributed by atoms with E-state index in [1.54, 1.807) is 43.3 Å². The molecule has 0 saturated heterocycles. The Bertz CT molecular complexity index is 834. The summed E-state index contributed by atoms with van der Waals surface area (Å²) in [5, 5.41) is 2.84. The highest BCUT2D eigenvalue weighted by Crippen LogP contribution is 2.22. The summed E-state index contributed by atoms with van der Waals surface area (Å²) in [4.78, 5) is 14.5. The van der Waals surface area contributed by atoms with Crippen molar-refractivity contribution in [1.29, 1.82) is 0 Å². The minimum absolute atomic E-state index is 0.176. The fraction of sp³-hybridized carbons (Fsp3) is 0.278. The largest absolute Gasteiger partial charge is 0.351 e. The molecule has 0 aromatic heterocycles. The maximum absolute atomic E-state index is 12.5. The van der Waals surface area contributed by atoms with Crippen LogP contribution in [0.3, 0.4) is 0 Å². The molecule has 2 aromatic carbocycles. The second-order valence-corrected chi connectivity index (χ2v) is 7.64. The number of nitrogens with one attached hydrogen (secondary N) is 2. The van der Waals surface area contributed by atoms with Crippen LogP contribution in [0.5, 0.6) is 0 Å². The Kier molecular flexibility index (Phi) is 6.17. The summed E-state index contributed by atoms with van der Waals surface area (Å²) in [6.07, 6.45) is 0. The van der Waals surface area contributed by atoms with Gasteiger partial charge in [0.15, 0.2) is 0 Å². The molecule has 0 unspecified atom stereocenters. The average Bonchev–Trinajstić information content (AvgIpc) is 2.57. The maximum atomic E-state index is 12.5. The van der Waals surface area contributed by atoms with Gasteiger partial charge in [0, 0.05) is 18.7 Å². The first kappa shape index (κ1) is 19.0. The summed E-state index contributed by atoms with van der Waals surface area (Å²) in [5.41, 5.74) is 1.43. The van der Waals surface area contributed by atoms with Gasteiger partial charge in [-0.25, -0.2) is 8.42 Å². The number of hydrogen-bond donors (Lipinski definition) is 2. The van der Waals surface area contributed by atoms with Crippen molar-refractivity contribution >= 4 is 21.6 Å². The number of benzene rings is 2. The molecule has 0 spiro atoms. The minimum Gasteiger partial charge on any atom is -0.351 e. The van der Waals surface area contributed by atoms with Gasteiger partial charge in [0.1, 0.15) is 0 Å². The van der Waals surface area contributed by atoms with E-state index in [1.165, 1.54) is 12.1 Å². The molecule has 1 amide bonds. The van der Waals surface area contributed by atoms with E-state index in [4.69, 9.17) is 0 Å². The summed E-state index contributed by atoms with van der Waals surface area (Å²) in [7, 11) is 0.159. The monoisotopic (exact) mass is 361 g/mol. The zero-order valence-electron chi connectivity index (χ0n) is 14.6. The van der Waals surface area contributed by atoms with Gasteiger partial charge in [-0.05, 0) is 50.8 Å². The van der Waals surface area contributed by atoms with Crippen LogP contribution >= 0.6 is 0 Å². The van der Waals surface area contributed by atoms with E-state index in [-0.39, 0.29) is 10.8 Å². The van der Waals surface area contributed by atoms with Gasteiger partial charge in [0.2, 0.25) is 0 Å². The van der Waals surface area contributed by atoms with Crippen LogP contribution < -0.4 is 10.0 Å². The van der Waals surface area contributed by atoms with Crippen LogP contribution in [-0.4, -0.2) is 46.4 Å². The molecule has 0 aliphatic rings. The molecule has 2 aromatic rings. The highest BCUT2D eigenvalue weighted by atomic mass is 32.2. The van der Waals surface area contributed by atoms with E-state index in [9.17, 15) is 13.2 Å². The lowest BCUT2D eigenvalue weighted by atomic mass is 10.1. The molecule has 0 atom stereocenters. The van der Waals surface area contributed by atoms with Gasteiger partial charge in [0.05, 0.1) is 10.6 Å². The Morgan fingerprint density at radius 1 is 1.04 bits per heavy atom. The van der Waals surface area contributed by atoms with Crippen molar-refractivity contribution in [2.75, 3.05) is 31.9 Å². The Balaban J connectivity index is 2.19. The van der Waals surface area contributed by atoms with Crippen molar-refractivity contribution in [3.05, 3.63) is 59.7 Å². The van der Waals surface area contributed by atoms with Crippen molar-refractivity contribution in [1.82, 2.24) is 10.2 Å². The van der Waals surface area contributed by atoms with E-state index < -0.39 is 10.0 Å². The zero-order chi connectivity index (χ0) is 18.4. The summed E-state index contributed by atoms with van der Waals surface area (Å²) in [6.45, 7) is 2.97. The number of carbonyl (C=O) groups excluding carboxylic acids is 1. The fourth-order valence-electron chi connectivity index (χ4n) is 2.28. The number of rotatable bonds is 7. The standard InChI is InChI=1S/C18H23N3O3S/c1-14-16(18(22)19-12-13-21(2)3)10-7-11-17(14)20-25(23,24)15-8-5-4-6-9-15/h4-11,20H,12-13H2,1-3H3,(H,19,22). The topological polar surface area (TPSA) is 78.5 Å². The molecule has 7 heteroatoms. The van der Waals surface area contributed by atoms with Crippen molar-refractivity contribution in [3.8, 4) is 0 Å². The summed E-state index contributed by atoms with van der Waals surface area (Å²) < 4.78 is 27.5. The van der Waals surface area contributed by atoms with E-state index in [1.807, 2.05) is 19.0 Å². The number of sulfonamides is 1. The SMILES string of the molecule is Cc1c(NS(=O)(=O)c2ccccc2)cccc1C(=O)NCCN(C)C. The van der Waals surface area contributed by atoms with E-state index in [2.05, 4.69) is 10.0 Å². The maximum Gasteiger partial charge on any atom is 0.261 e. The number of hydrogen-bond acceptors (Lipinski definition) is 4. The predicted molar refractivity (Wildman–Crippen MR) is 99.3 cm³/mol. The molecular formula is C18H23N3O3S. The van der Waals surface area contributed by atoms with Crippen molar-refractivity contribution in [2.24, 2.45) is 0 Å². The molecule has 0 aliphatic heterocycles. The van der Waals surface area contributed by atoms with Gasteiger partial charge in [0.25, 0.3) is 15.9 Å². The summed E-state index contributed by atoms with van der Waals surface area (Å²) in [5.74, 6) is -0.222. The van der Waals surface area contributed by atoms with Crippen molar-refractivity contribution in [3.63, 3.8) is 0 Å². The van der Waals surface area contributed by atoms with Gasteiger partial charge in [-0.3, -0.25) is 9.52 Å². The van der Waals surface area contributed by atoms with E-state index >= 15 is 0 Å². The first-order chi connectivity index (χ1) is 11.8. The Morgan fingerprint density at radius 3 is 2.36 bits per heavy atom. The molecule has 0 radical (unpaired) electrons. The third-order valence-corrected chi connectivity index (χ3v) is 5.10. The van der Waals surface area contributed by atoms with Crippen molar-refractivity contribution < 1.29 is 13.2 Å². The molecule has 0 aliphatic carbocycles. The zero-order valence-corrected chi connectivity index (χ0v) is 15.4. The molecule has 134 valence electrons. The molecule has 25 heavy (non-hydrogen) atoms. The van der Waals surface area contributed by atoms with Crippen LogP contribution in [0.2, 0.25) is 0 Å². The van der Waals surface area contributed by atoms with Crippen LogP contribution in [-0.2, 0) is 10.0 Å². The number of anilines is 1. The molecule has 2 rings (SSSR count). The van der Waals surface area contributed by atoms with Gasteiger partial charge >= 0.3 is 0 Å². The Labute approximate surface area is 148 Å². The number of carbonyl (C=O) groups is 1. The Morgan fingerprint density at radius 2 is 1.72 bits per heavy atom. The second kappa shape index (κ2) is 8.13. The third kappa shape index (κ3) is 5.04. The second-order valence-electron chi connectivity index (χ2n) is 5.96. The van der Waals surface area contributed by atoms with Crippen LogP contribution in [0, 0.1) is 6.92 Å². The fourth-order valence-corrected chi connectivity index (χ4v) is 3.43. The van der Waals surface area contributed by atoms with Gasteiger partial charge in [-0.1, -0.05) is 24.3 Å². The van der Waals surface area contributed by atoms with E-state index in [0.29, 0.717) is 23.4 Å². The van der Waals surface area contributed by atoms with Crippen LogP contribution in [0.15, 0.2) is 53.4 Å². The lowest BCUT2D eigenvalue weighted by molar-refractivity contribution is 0.0950. The van der Waals surface area contributed by atoms with E-state index in [0.717, 1.165) is 6.54 Å². The van der Waals surface area contributed by atoms with Gasteiger partial charge in [-0.15, -0.1) is 0 Å². The molecule has 0 bridgehead atoms. The van der Waals surface area contributed by atoms with Crippen LogP contribution in [0.4, 0.5) is 5.69 Å². The smallest absolute Gasteiger partial charge is 0.261 e. The lowest BCUT2D eigenvalue weighted by Gasteiger charge is -2.15. The summed E-state index contributed by atoms with van der Waals surface area (Å²) >= 11 is 0. The van der Waals surface area contributed by atoms with Gasteiger partial charge < -0.3 is 10.2 Å². The van der Waals surface area contributed by atoms with Crippen molar-refractivity contribution in [2.45, 2.75) is 11.8 Å². The molecule has 6 nitrogen and oxygen atoms in total. The quantitative estimate of drug-likeness (QED) is 0.791. The van der Waals surface area contributed by atoms with Crippen LogP contribution in [0.25, 0.3) is 0 Å². The lowest BCUT2D eigenvalue weighted by Crippen LogP contribution is -2.31. The highest BCUT2D eigenvalue weighted by molar-refractivity contribution is 7.92. The molecule has 0 fully saturated rings. The van der Waals surface area contributed by atoms with Crippen LogP contribution in [0.1, 0.15) is 15.9 Å². The predicted octanol–water partition coefficient (Wildman–Crippen LogP) is 2.09. The average molecular weight is 361 g/mol. The third-order valence-electron chi connectivity index (χ3n) is 3.72. The number of amides is 1. The molecule has 2 N–H and O–H groups in total. The first-order valence-electron chi connectivity index (χ1n) is 7.91. The molecular weight excluding hydrogens is 338 g/mol. The highest BCUT2D eigenvalue weighted by Gasteiger charge is 2.17. The number of likely N-dealkylation sites (N-methyl/N-ethyl adjacent to an activating group) is 1. The molecule has 0 saturated carbocycles. The molecule has 0 heterocycles. The minimum atomic E-state index is -3.69. The Hall–Kier alpha value is -2.38. The first-order valence-corrected chi connectivity index (χ1v) is 9.40. The summed E-state index contributed by atoms with van der Waals surface area (Å²) in [6, 6.07) is 13.1. The van der Waals surface area contributed by atoms with Gasteiger partial charge in [-0.2, -0.15) is 0 Å². The number of nitrogens with zero attached hydrogens (tertiary/aromatic N) is 1. The normalized spacial score (nSPS) is 11.4.